The smallest absolute Gasteiger partial charge is 0.309 e. The zero-order valence-electron chi connectivity index (χ0n) is 39.9. The first-order valence-corrected chi connectivity index (χ1v) is 23.5. The summed E-state index contributed by atoms with van der Waals surface area (Å²) < 4.78 is 93.9. The molecule has 0 aliphatic rings. The molecule has 0 radical (unpaired) electrons. The predicted molar refractivity (Wildman–Crippen MR) is 280 cm³/mol. The molecule has 2 heterocycles. The number of rotatable bonds is 6. The molecule has 0 aliphatic heterocycles. The van der Waals surface area contributed by atoms with Gasteiger partial charge in [-0.05, 0) is 114 Å². The van der Waals surface area contributed by atoms with E-state index in [2.05, 4.69) is 30.3 Å². The van der Waals surface area contributed by atoms with Gasteiger partial charge in [0.05, 0.1) is 126 Å². The van der Waals surface area contributed by atoms with Crippen LogP contribution < -0.4 is 0 Å². The Bertz CT molecular complexity index is 4650. The topological polar surface area (TPSA) is 176 Å². The summed E-state index contributed by atoms with van der Waals surface area (Å²) in [6.07, 6.45) is -10.5. The molecule has 0 amide bonds. The maximum Gasteiger partial charge on any atom is 0.417 e. The van der Waals surface area contributed by atoms with E-state index >= 15 is 26.3 Å². The third-order valence-corrected chi connectivity index (χ3v) is 13.8. The monoisotopic (exact) mass is 1020 g/mol. The number of nitrogens with zero attached hydrogens (tertiary/aromatic N) is 9. The quantitative estimate of drug-likeness (QED) is 0.149. The average Bonchev–Trinajstić information content (AvgIpc) is 4.15. The summed E-state index contributed by atoms with van der Waals surface area (Å²) in [5.41, 5.74) is 0.889. The first-order chi connectivity index (χ1) is 37.6. The lowest BCUT2D eigenvalue weighted by Crippen LogP contribution is -2.14. The third-order valence-electron chi connectivity index (χ3n) is 13.8. The molecule has 0 unspecified atom stereocenters. The van der Waals surface area contributed by atoms with Crippen LogP contribution in [0.5, 0.6) is 0 Å². The molecule has 9 aromatic carbocycles. The fourth-order valence-electron chi connectivity index (χ4n) is 10.6. The van der Waals surface area contributed by atoms with Crippen LogP contribution in [0.4, 0.5) is 26.3 Å². The van der Waals surface area contributed by atoms with Gasteiger partial charge in [-0.2, -0.15) is 63.2 Å². The number of para-hydroxylation sites is 2. The maximum atomic E-state index is 15.0. The van der Waals surface area contributed by atoms with Crippen molar-refractivity contribution >= 4 is 43.6 Å². The molecule has 0 spiro atoms. The minimum absolute atomic E-state index is 0.0479. The van der Waals surface area contributed by atoms with Crippen molar-refractivity contribution in [1.82, 2.24) is 9.13 Å². The lowest BCUT2D eigenvalue weighted by Gasteiger charge is -2.22. The van der Waals surface area contributed by atoms with E-state index in [1.165, 1.54) is 42.5 Å². The second kappa shape index (κ2) is 18.5. The van der Waals surface area contributed by atoms with Crippen LogP contribution in [0.15, 0.2) is 164 Å². The molecule has 0 saturated heterocycles. The molecule has 0 atom stereocenters. The van der Waals surface area contributed by atoms with Gasteiger partial charge in [0.25, 0.3) is 0 Å². The number of benzene rings is 9. The van der Waals surface area contributed by atoms with Gasteiger partial charge in [-0.3, -0.25) is 0 Å². The number of alkyl halides is 6. The highest BCUT2D eigenvalue weighted by atomic mass is 19.4. The molecule has 15 heteroatoms. The van der Waals surface area contributed by atoms with Crippen LogP contribution in [-0.4, -0.2) is 9.13 Å². The number of nitriles is 7. The number of aromatic nitrogens is 2. The molecule has 0 N–H and O–H groups in total. The highest BCUT2D eigenvalue weighted by molar-refractivity contribution is 6.13. The molecule has 366 valence electrons. The molecule has 11 rings (SSSR count). The zero-order valence-corrected chi connectivity index (χ0v) is 39.9. The van der Waals surface area contributed by atoms with Crippen LogP contribution in [0.3, 0.4) is 0 Å². The van der Waals surface area contributed by atoms with E-state index < -0.39 is 34.6 Å². The van der Waals surface area contributed by atoms with Crippen molar-refractivity contribution in [2.45, 2.75) is 12.4 Å². The van der Waals surface area contributed by atoms with Gasteiger partial charge < -0.3 is 9.13 Å². The lowest BCUT2D eigenvalue weighted by molar-refractivity contribution is -0.142. The van der Waals surface area contributed by atoms with Gasteiger partial charge in [-0.1, -0.05) is 66.7 Å². The number of hydrogen-bond acceptors (Lipinski definition) is 7. The van der Waals surface area contributed by atoms with E-state index in [1.807, 2.05) is 47.0 Å². The van der Waals surface area contributed by atoms with Crippen molar-refractivity contribution in [3.8, 4) is 98.4 Å². The van der Waals surface area contributed by atoms with Crippen LogP contribution in [0, 0.1) is 79.3 Å². The summed E-state index contributed by atoms with van der Waals surface area (Å²) in [6.45, 7) is 0. The standard InChI is InChI=1S/C63H27F6N9/c64-62(65,66)51-8-5-9-52(63(67,68)69)61(51)40-13-16-47(58(27-40)78-54-11-4-2-7-46(54)50-26-39(15-19-57(50)78)60-43(33-75)22-37(30-72)23-44(60)34-76)48-24-35(28-70)12-17-55(48)77-53-10-3-1-6-45(53)49-25-38(14-18-56(49)77)59-41(31-73)20-36(29-71)21-42(59)32-74/h1-27H. The van der Waals surface area contributed by atoms with E-state index in [4.69, 9.17) is 0 Å². The number of halogens is 6. The second-order valence-electron chi connectivity index (χ2n) is 18.0. The summed E-state index contributed by atoms with van der Waals surface area (Å²) in [4.78, 5) is 0. The van der Waals surface area contributed by atoms with Crippen molar-refractivity contribution in [1.29, 1.82) is 36.8 Å². The predicted octanol–water partition coefficient (Wildman–Crippen LogP) is 15.7. The van der Waals surface area contributed by atoms with Crippen molar-refractivity contribution in [2.75, 3.05) is 0 Å². The van der Waals surface area contributed by atoms with Crippen LogP contribution in [0.2, 0.25) is 0 Å². The summed E-state index contributed by atoms with van der Waals surface area (Å²) in [6, 6.07) is 55.5. The van der Waals surface area contributed by atoms with Crippen molar-refractivity contribution in [3.63, 3.8) is 0 Å². The van der Waals surface area contributed by atoms with Crippen LogP contribution in [-0.2, 0) is 12.4 Å². The Labute approximate surface area is 438 Å². The highest BCUT2D eigenvalue weighted by Crippen LogP contribution is 2.48. The van der Waals surface area contributed by atoms with Crippen LogP contribution in [0.1, 0.15) is 50.1 Å². The summed E-state index contributed by atoms with van der Waals surface area (Å²) >= 11 is 0. The van der Waals surface area contributed by atoms with Crippen LogP contribution >= 0.6 is 0 Å². The third kappa shape index (κ3) is 7.83. The van der Waals surface area contributed by atoms with Gasteiger partial charge in [-0.15, -0.1) is 0 Å². The number of fused-ring (bicyclic) bond motifs is 6. The molecule has 0 saturated carbocycles. The Hall–Kier alpha value is -11.4. The van der Waals surface area contributed by atoms with Gasteiger partial charge in [0.15, 0.2) is 0 Å². The fourth-order valence-corrected chi connectivity index (χ4v) is 10.6. The Morgan fingerprint density at radius 3 is 1.15 bits per heavy atom. The molecule has 11 aromatic rings. The van der Waals surface area contributed by atoms with Gasteiger partial charge in [0.1, 0.15) is 0 Å². The van der Waals surface area contributed by atoms with Gasteiger partial charge in [0, 0.05) is 49.4 Å². The summed E-state index contributed by atoms with van der Waals surface area (Å²) in [7, 11) is 0. The Morgan fingerprint density at radius 1 is 0.308 bits per heavy atom. The molecule has 0 bridgehead atoms. The molecule has 0 aliphatic carbocycles. The minimum atomic E-state index is -5.23. The Kier molecular flexibility index (Phi) is 11.6. The minimum Gasteiger partial charge on any atom is -0.309 e. The van der Waals surface area contributed by atoms with Gasteiger partial charge in [-0.25, -0.2) is 0 Å². The second-order valence-corrected chi connectivity index (χ2v) is 18.0. The van der Waals surface area contributed by atoms with E-state index in [0.29, 0.717) is 89.8 Å². The molecule has 0 fully saturated rings. The Balaban J connectivity index is 1.25. The lowest BCUT2D eigenvalue weighted by atomic mass is 9.90. The normalized spacial score (nSPS) is 11.4. The van der Waals surface area contributed by atoms with Crippen molar-refractivity contribution in [3.05, 3.63) is 214 Å². The molecular formula is C63H27F6N9. The first-order valence-electron chi connectivity index (χ1n) is 23.5. The fraction of sp³-hybridized carbons (Fsp3) is 0.0317. The van der Waals surface area contributed by atoms with Gasteiger partial charge in [0.2, 0.25) is 0 Å². The van der Waals surface area contributed by atoms with Crippen LogP contribution in [0.25, 0.3) is 99.5 Å². The summed E-state index contributed by atoms with van der Waals surface area (Å²) in [5, 5.41) is 73.2. The molecule has 2 aromatic heterocycles. The maximum absolute atomic E-state index is 15.0. The van der Waals surface area contributed by atoms with Crippen molar-refractivity contribution in [2.24, 2.45) is 0 Å². The number of hydrogen-bond donors (Lipinski definition) is 0. The zero-order chi connectivity index (χ0) is 54.8. The summed E-state index contributed by atoms with van der Waals surface area (Å²) in [5.74, 6) is 0. The highest BCUT2D eigenvalue weighted by Gasteiger charge is 2.41. The molecular weight excluding hydrogens is 997 g/mol. The molecule has 78 heavy (non-hydrogen) atoms. The van der Waals surface area contributed by atoms with E-state index in [0.717, 1.165) is 0 Å². The first kappa shape index (κ1) is 48.8. The average molecular weight is 1020 g/mol. The molecule has 9 nitrogen and oxygen atoms in total. The van der Waals surface area contributed by atoms with Crippen molar-refractivity contribution < 1.29 is 26.3 Å². The largest absolute Gasteiger partial charge is 0.417 e. The van der Waals surface area contributed by atoms with E-state index in [1.54, 1.807) is 77.4 Å². The van der Waals surface area contributed by atoms with E-state index in [-0.39, 0.29) is 55.8 Å². The SMILES string of the molecule is N#Cc1cc(C#N)c(-c2ccc3c(c2)c2ccccc2n3-c2ccc(C#N)cc2-c2ccc(-c3c(C(F)(F)F)cccc3C(F)(F)F)cc2-n2c3ccccc3c3cc(-c4c(C#N)cc(C#N)cc4C#N)ccc32)c(C#N)c1. The van der Waals surface area contributed by atoms with E-state index in [9.17, 15) is 36.8 Å². The van der Waals surface area contributed by atoms with Gasteiger partial charge >= 0.3 is 12.4 Å². The Morgan fingerprint density at radius 2 is 0.718 bits per heavy atom.